The summed E-state index contributed by atoms with van der Waals surface area (Å²) in [6.07, 6.45) is 1.47. The molecular weight excluding hydrogens is 406 g/mol. The number of anilines is 1. The number of likely N-dealkylation sites (N-methyl/N-ethyl adjacent to an activating group) is 1. The van der Waals surface area contributed by atoms with E-state index < -0.39 is 5.91 Å². The van der Waals surface area contributed by atoms with E-state index in [4.69, 9.17) is 9.47 Å². The minimum Gasteiger partial charge on any atom is -0.493 e. The summed E-state index contributed by atoms with van der Waals surface area (Å²) in [5.74, 6) is 0.0131. The summed E-state index contributed by atoms with van der Waals surface area (Å²) in [6, 6.07) is 20.1. The molecule has 0 aliphatic heterocycles. The van der Waals surface area contributed by atoms with Crippen LogP contribution >= 0.6 is 0 Å². The van der Waals surface area contributed by atoms with Gasteiger partial charge in [-0.3, -0.25) is 9.59 Å². The number of carbonyl (C=O) groups is 2. The van der Waals surface area contributed by atoms with Gasteiger partial charge in [0.15, 0.2) is 18.1 Å². The molecule has 3 aromatic carbocycles. The minimum atomic E-state index is -0.514. The van der Waals surface area contributed by atoms with Crippen LogP contribution in [0.2, 0.25) is 0 Å². The van der Waals surface area contributed by atoms with Gasteiger partial charge in [0, 0.05) is 17.6 Å². The highest BCUT2D eigenvalue weighted by molar-refractivity contribution is 6.12. The van der Waals surface area contributed by atoms with E-state index in [2.05, 4.69) is 10.6 Å². The molecule has 0 aliphatic rings. The third-order valence-electron chi connectivity index (χ3n) is 4.63. The Balaban J connectivity index is 1.80. The molecule has 0 atom stereocenters. The third-order valence-corrected chi connectivity index (χ3v) is 4.63. The normalized spacial score (nSPS) is 10.8. The van der Waals surface area contributed by atoms with Crippen LogP contribution in [0, 0.1) is 11.3 Å². The number of ether oxygens (including phenoxy) is 2. The van der Waals surface area contributed by atoms with Crippen LogP contribution in [0.25, 0.3) is 16.8 Å². The van der Waals surface area contributed by atoms with E-state index >= 15 is 0 Å². The molecule has 32 heavy (non-hydrogen) atoms. The highest BCUT2D eigenvalue weighted by Gasteiger charge is 2.13. The Bertz CT molecular complexity index is 1210. The highest BCUT2D eigenvalue weighted by atomic mass is 16.5. The van der Waals surface area contributed by atoms with Crippen molar-refractivity contribution in [3.8, 4) is 17.6 Å². The number of carbonyl (C=O) groups excluding carboxylic acids is 2. The number of nitrogens with zero attached hydrogens (tertiary/aromatic N) is 1. The van der Waals surface area contributed by atoms with E-state index in [1.54, 1.807) is 24.3 Å². The molecule has 2 amide bonds. The summed E-state index contributed by atoms with van der Waals surface area (Å²) >= 11 is 0. The molecule has 0 radical (unpaired) electrons. The Morgan fingerprint density at radius 2 is 1.84 bits per heavy atom. The maximum atomic E-state index is 12.7. The van der Waals surface area contributed by atoms with Crippen molar-refractivity contribution >= 4 is 34.4 Å². The number of nitrogens with one attached hydrogen (secondary N) is 2. The van der Waals surface area contributed by atoms with Crippen LogP contribution in [0.3, 0.4) is 0 Å². The molecule has 7 heteroatoms. The molecule has 162 valence electrons. The third kappa shape index (κ3) is 5.43. The summed E-state index contributed by atoms with van der Waals surface area (Å²) in [7, 11) is 1.47. The summed E-state index contributed by atoms with van der Waals surface area (Å²) in [4.78, 5) is 24.4. The Kier molecular flexibility index (Phi) is 7.44. The van der Waals surface area contributed by atoms with Crippen molar-refractivity contribution in [2.75, 3.05) is 25.6 Å². The summed E-state index contributed by atoms with van der Waals surface area (Å²) in [5.41, 5.74) is 1.15. The van der Waals surface area contributed by atoms with Gasteiger partial charge in [-0.05, 0) is 42.1 Å². The number of rotatable bonds is 8. The van der Waals surface area contributed by atoms with Crippen molar-refractivity contribution in [1.29, 1.82) is 5.26 Å². The van der Waals surface area contributed by atoms with Gasteiger partial charge in [0.05, 0.1) is 7.11 Å². The zero-order valence-corrected chi connectivity index (χ0v) is 17.8. The minimum absolute atomic E-state index is 0.0593. The highest BCUT2D eigenvalue weighted by Crippen LogP contribution is 2.29. The SMILES string of the molecule is CCNC(=O)COc1ccc(/C=C(\C#N)C(=O)Nc2cccc3ccccc23)cc1OC. The van der Waals surface area contributed by atoms with Gasteiger partial charge in [-0.15, -0.1) is 0 Å². The second-order valence-corrected chi connectivity index (χ2v) is 6.80. The Labute approximate surface area is 186 Å². The van der Waals surface area contributed by atoms with Crippen molar-refractivity contribution in [3.63, 3.8) is 0 Å². The fourth-order valence-corrected chi connectivity index (χ4v) is 3.12. The topological polar surface area (TPSA) is 100 Å². The molecular formula is C25H23N3O4. The average molecular weight is 429 g/mol. The van der Waals surface area contributed by atoms with Gasteiger partial charge in [0.25, 0.3) is 11.8 Å². The number of hydrogen-bond donors (Lipinski definition) is 2. The molecule has 0 heterocycles. The van der Waals surface area contributed by atoms with Gasteiger partial charge < -0.3 is 20.1 Å². The molecule has 0 aromatic heterocycles. The molecule has 0 aliphatic carbocycles. The standard InChI is InChI=1S/C25H23N3O4/c1-3-27-24(29)16-32-22-12-11-17(14-23(22)31-2)13-19(15-26)25(30)28-21-10-6-8-18-7-4-5-9-20(18)21/h4-14H,3,16H2,1-2H3,(H,27,29)(H,28,30)/b19-13+. The van der Waals surface area contributed by atoms with Gasteiger partial charge in [0.1, 0.15) is 11.6 Å². The first-order valence-corrected chi connectivity index (χ1v) is 10.0. The van der Waals surface area contributed by atoms with Crippen LogP contribution in [0.5, 0.6) is 11.5 Å². The second-order valence-electron chi connectivity index (χ2n) is 6.80. The van der Waals surface area contributed by atoms with Crippen LogP contribution in [0.15, 0.2) is 66.2 Å². The summed E-state index contributed by atoms with van der Waals surface area (Å²) in [5, 5.41) is 16.9. The van der Waals surface area contributed by atoms with Crippen molar-refractivity contribution in [2.45, 2.75) is 6.92 Å². The molecule has 0 bridgehead atoms. The predicted molar refractivity (Wildman–Crippen MR) is 123 cm³/mol. The van der Waals surface area contributed by atoms with Gasteiger partial charge in [-0.25, -0.2) is 0 Å². The number of nitriles is 1. The smallest absolute Gasteiger partial charge is 0.266 e. The Hall–Kier alpha value is -4.31. The van der Waals surface area contributed by atoms with Crippen LogP contribution in [-0.2, 0) is 9.59 Å². The van der Waals surface area contributed by atoms with Gasteiger partial charge in [0.2, 0.25) is 0 Å². The lowest BCUT2D eigenvalue weighted by molar-refractivity contribution is -0.123. The van der Waals surface area contributed by atoms with Crippen molar-refractivity contribution < 1.29 is 19.1 Å². The number of fused-ring (bicyclic) bond motifs is 1. The first-order chi connectivity index (χ1) is 15.5. The van der Waals surface area contributed by atoms with E-state index in [9.17, 15) is 14.9 Å². The molecule has 0 fully saturated rings. The lowest BCUT2D eigenvalue weighted by Crippen LogP contribution is -2.28. The molecule has 0 unspecified atom stereocenters. The Morgan fingerprint density at radius 1 is 1.06 bits per heavy atom. The molecule has 3 aromatic rings. The molecule has 3 rings (SSSR count). The molecule has 7 nitrogen and oxygen atoms in total. The molecule has 0 spiro atoms. The Morgan fingerprint density at radius 3 is 2.59 bits per heavy atom. The van der Waals surface area contributed by atoms with E-state index in [0.29, 0.717) is 29.3 Å². The summed E-state index contributed by atoms with van der Waals surface area (Å²) in [6.45, 7) is 2.19. The van der Waals surface area contributed by atoms with E-state index in [1.807, 2.05) is 49.4 Å². The van der Waals surface area contributed by atoms with Crippen LogP contribution in [0.1, 0.15) is 12.5 Å². The summed E-state index contributed by atoms with van der Waals surface area (Å²) < 4.78 is 10.8. The predicted octanol–water partition coefficient (Wildman–Crippen LogP) is 3.91. The fourth-order valence-electron chi connectivity index (χ4n) is 3.12. The lowest BCUT2D eigenvalue weighted by Gasteiger charge is -2.11. The van der Waals surface area contributed by atoms with Crippen LogP contribution in [-0.4, -0.2) is 32.1 Å². The van der Waals surface area contributed by atoms with Crippen LogP contribution < -0.4 is 20.1 Å². The number of methoxy groups -OCH3 is 1. The molecule has 0 saturated heterocycles. The first-order valence-electron chi connectivity index (χ1n) is 10.0. The zero-order chi connectivity index (χ0) is 22.9. The molecule has 0 saturated carbocycles. The lowest BCUT2D eigenvalue weighted by atomic mass is 10.1. The maximum Gasteiger partial charge on any atom is 0.266 e. The van der Waals surface area contributed by atoms with Crippen molar-refractivity contribution in [2.24, 2.45) is 0 Å². The number of amides is 2. The number of benzene rings is 3. The largest absolute Gasteiger partial charge is 0.493 e. The maximum absolute atomic E-state index is 12.7. The first kappa shape index (κ1) is 22.4. The van der Waals surface area contributed by atoms with Crippen LogP contribution in [0.4, 0.5) is 5.69 Å². The van der Waals surface area contributed by atoms with E-state index in [0.717, 1.165) is 10.8 Å². The van der Waals surface area contributed by atoms with Crippen molar-refractivity contribution in [1.82, 2.24) is 5.32 Å². The second kappa shape index (κ2) is 10.6. The van der Waals surface area contributed by atoms with Crippen molar-refractivity contribution in [3.05, 3.63) is 71.8 Å². The fraction of sp³-hybridized carbons (Fsp3) is 0.160. The zero-order valence-electron chi connectivity index (χ0n) is 17.8. The van der Waals surface area contributed by atoms with Gasteiger partial charge in [-0.2, -0.15) is 5.26 Å². The number of hydrogen-bond acceptors (Lipinski definition) is 5. The average Bonchev–Trinajstić information content (AvgIpc) is 2.81. The van der Waals surface area contributed by atoms with E-state index in [1.165, 1.54) is 13.2 Å². The van der Waals surface area contributed by atoms with E-state index in [-0.39, 0.29) is 18.1 Å². The van der Waals surface area contributed by atoms with Gasteiger partial charge >= 0.3 is 0 Å². The monoisotopic (exact) mass is 429 g/mol. The quantitative estimate of drug-likeness (QED) is 0.418. The molecule has 2 N–H and O–H groups in total. The van der Waals surface area contributed by atoms with Gasteiger partial charge in [-0.1, -0.05) is 42.5 Å².